The van der Waals surface area contributed by atoms with Crippen LogP contribution in [0.15, 0.2) is 0 Å². The predicted octanol–water partition coefficient (Wildman–Crippen LogP) is 3.28. The lowest BCUT2D eigenvalue weighted by Crippen LogP contribution is -2.04. The molecule has 0 aromatic rings. The van der Waals surface area contributed by atoms with Gasteiger partial charge in [-0.2, -0.15) is 0 Å². The monoisotopic (exact) mass is 139 g/mol. The molecule has 1 saturated carbocycles. The molecule has 0 N–H and O–H groups in total. The van der Waals surface area contributed by atoms with Crippen LogP contribution >= 0.6 is 0 Å². The third-order valence-electron chi connectivity index (χ3n) is 2.92. The average molecular weight is 139 g/mol. The summed E-state index contributed by atoms with van der Waals surface area (Å²) in [5, 5.41) is 0. The lowest BCUT2D eigenvalue weighted by atomic mass is 9.93. The van der Waals surface area contributed by atoms with Crippen LogP contribution in [-0.2, 0) is 0 Å². The van der Waals surface area contributed by atoms with Crippen LogP contribution in [0.3, 0.4) is 0 Å². The van der Waals surface area contributed by atoms with E-state index in [0.29, 0.717) is 5.41 Å². The van der Waals surface area contributed by atoms with Crippen molar-refractivity contribution in [2.24, 2.45) is 17.3 Å². The van der Waals surface area contributed by atoms with E-state index in [9.17, 15) is 0 Å². The maximum absolute atomic E-state index is 2.49. The summed E-state index contributed by atoms with van der Waals surface area (Å²) in [5.41, 5.74) is 0.566. The van der Waals surface area contributed by atoms with E-state index in [1.807, 2.05) is 0 Å². The highest BCUT2D eigenvalue weighted by atomic mass is 14.5. The van der Waals surface area contributed by atoms with Crippen molar-refractivity contribution >= 4 is 0 Å². The lowest BCUT2D eigenvalue weighted by Gasteiger charge is -2.13. The Kier molecular flexibility index (Phi) is 2.07. The first-order valence-corrected chi connectivity index (χ1v) is 4.47. The Morgan fingerprint density at radius 3 is 1.80 bits per heavy atom. The van der Waals surface area contributed by atoms with Gasteiger partial charge in [0.1, 0.15) is 0 Å². The quantitative estimate of drug-likeness (QED) is 0.563. The van der Waals surface area contributed by atoms with Gasteiger partial charge in [0.15, 0.2) is 0 Å². The molecule has 0 heterocycles. The molecule has 0 aromatic heterocycles. The average Bonchev–Trinajstić information content (AvgIpc) is 2.44. The molecule has 0 nitrogen and oxygen atoms in total. The number of hydrogen-bond acceptors (Lipinski definition) is 0. The van der Waals surface area contributed by atoms with Crippen molar-refractivity contribution in [1.82, 2.24) is 0 Å². The maximum Gasteiger partial charge on any atom is -0.0286 e. The van der Waals surface area contributed by atoms with Crippen molar-refractivity contribution in [3.05, 3.63) is 6.42 Å². The van der Waals surface area contributed by atoms with Crippen LogP contribution in [-0.4, -0.2) is 0 Å². The summed E-state index contributed by atoms with van der Waals surface area (Å²) in [4.78, 5) is 0. The lowest BCUT2D eigenvalue weighted by molar-refractivity contribution is 0.373. The van der Waals surface area contributed by atoms with Crippen LogP contribution in [0, 0.1) is 23.7 Å². The van der Waals surface area contributed by atoms with Gasteiger partial charge >= 0.3 is 0 Å². The maximum atomic E-state index is 2.49. The summed E-state index contributed by atoms with van der Waals surface area (Å²) in [5.74, 6) is 1.87. The van der Waals surface area contributed by atoms with E-state index < -0.39 is 0 Å². The predicted molar refractivity (Wildman–Crippen MR) is 45.6 cm³/mol. The van der Waals surface area contributed by atoms with Crippen LogP contribution in [0.25, 0.3) is 0 Å². The van der Waals surface area contributed by atoms with Crippen molar-refractivity contribution < 1.29 is 0 Å². The zero-order chi connectivity index (χ0) is 7.78. The molecule has 10 heavy (non-hydrogen) atoms. The first-order valence-electron chi connectivity index (χ1n) is 4.47. The zero-order valence-corrected chi connectivity index (χ0v) is 7.65. The van der Waals surface area contributed by atoms with Crippen molar-refractivity contribution in [3.63, 3.8) is 0 Å². The zero-order valence-electron chi connectivity index (χ0n) is 7.65. The fourth-order valence-corrected chi connectivity index (χ4v) is 1.95. The molecule has 1 unspecified atom stereocenters. The molecule has 0 amide bonds. The van der Waals surface area contributed by atoms with E-state index in [-0.39, 0.29) is 0 Å². The molecule has 0 saturated heterocycles. The van der Waals surface area contributed by atoms with E-state index in [1.165, 1.54) is 12.8 Å². The Hall–Kier alpha value is 0. The summed E-state index contributed by atoms with van der Waals surface area (Å²) in [7, 11) is 0. The van der Waals surface area contributed by atoms with Crippen molar-refractivity contribution in [1.29, 1.82) is 0 Å². The van der Waals surface area contributed by atoms with Gasteiger partial charge in [0.25, 0.3) is 0 Å². The van der Waals surface area contributed by atoms with Gasteiger partial charge in [-0.3, -0.25) is 0 Å². The van der Waals surface area contributed by atoms with Crippen LogP contribution < -0.4 is 0 Å². The van der Waals surface area contributed by atoms with Gasteiger partial charge < -0.3 is 0 Å². The summed E-state index contributed by atoms with van der Waals surface area (Å²) in [6, 6.07) is 0. The van der Waals surface area contributed by atoms with Gasteiger partial charge in [-0.05, 0) is 23.7 Å². The van der Waals surface area contributed by atoms with Crippen molar-refractivity contribution in [2.45, 2.75) is 40.5 Å². The van der Waals surface area contributed by atoms with Crippen LogP contribution in [0.1, 0.15) is 40.5 Å². The smallest absolute Gasteiger partial charge is 0.0286 e. The van der Waals surface area contributed by atoms with Crippen LogP contribution in [0.4, 0.5) is 0 Å². The van der Waals surface area contributed by atoms with Crippen LogP contribution in [0.2, 0.25) is 0 Å². The first-order chi connectivity index (χ1) is 4.61. The third kappa shape index (κ3) is 1.36. The van der Waals surface area contributed by atoms with Gasteiger partial charge in [0.2, 0.25) is 0 Å². The largest absolute Gasteiger partial charge is 0.0651 e. The van der Waals surface area contributed by atoms with E-state index in [4.69, 9.17) is 0 Å². The molecule has 0 aromatic carbocycles. The Balaban J connectivity index is 2.36. The topological polar surface area (TPSA) is 0 Å². The molecule has 1 aliphatic rings. The van der Waals surface area contributed by atoms with Crippen molar-refractivity contribution in [3.8, 4) is 0 Å². The second-order valence-electron chi connectivity index (χ2n) is 4.09. The van der Waals surface area contributed by atoms with Crippen LogP contribution in [0.5, 0.6) is 0 Å². The van der Waals surface area contributed by atoms with Gasteiger partial charge in [0, 0.05) is 0 Å². The molecule has 1 fully saturated rings. The van der Waals surface area contributed by atoms with E-state index >= 15 is 0 Å². The molecular weight excluding hydrogens is 120 g/mol. The standard InChI is InChI=1S/C10H19/c1-5-8(6-2)9-7-10(9,3)4/h7-9H,5-6H2,1-4H3. The summed E-state index contributed by atoms with van der Waals surface area (Å²) >= 11 is 0. The molecule has 1 aliphatic carbocycles. The highest BCUT2D eigenvalue weighted by molar-refractivity contribution is 5.15. The fraction of sp³-hybridized carbons (Fsp3) is 0.900. The molecule has 1 atom stereocenters. The van der Waals surface area contributed by atoms with Gasteiger partial charge in [0.05, 0.1) is 0 Å². The van der Waals surface area contributed by atoms with Gasteiger partial charge in [-0.15, -0.1) is 0 Å². The SMILES string of the molecule is CCC(CC)C1[CH]C1(C)C. The summed E-state index contributed by atoms with van der Waals surface area (Å²) in [6.07, 6.45) is 5.19. The molecule has 0 spiro atoms. The summed E-state index contributed by atoms with van der Waals surface area (Å²) in [6.45, 7) is 9.29. The number of rotatable bonds is 3. The van der Waals surface area contributed by atoms with Gasteiger partial charge in [-0.25, -0.2) is 0 Å². The highest BCUT2D eigenvalue weighted by Crippen LogP contribution is 2.56. The molecule has 1 radical (unpaired) electrons. The Morgan fingerprint density at radius 2 is 1.70 bits per heavy atom. The Morgan fingerprint density at radius 1 is 1.30 bits per heavy atom. The van der Waals surface area contributed by atoms with E-state index in [1.54, 1.807) is 0 Å². The first kappa shape index (κ1) is 8.10. The second-order valence-corrected chi connectivity index (χ2v) is 4.09. The third-order valence-corrected chi connectivity index (χ3v) is 2.92. The summed E-state index contributed by atoms with van der Waals surface area (Å²) < 4.78 is 0. The minimum absolute atomic E-state index is 0.566. The number of hydrogen-bond donors (Lipinski definition) is 0. The highest BCUT2D eigenvalue weighted by Gasteiger charge is 2.48. The molecule has 0 heteroatoms. The van der Waals surface area contributed by atoms with E-state index in [2.05, 4.69) is 34.1 Å². The minimum Gasteiger partial charge on any atom is -0.0651 e. The molecule has 0 bridgehead atoms. The van der Waals surface area contributed by atoms with Gasteiger partial charge in [-0.1, -0.05) is 40.5 Å². The normalized spacial score (nSPS) is 29.1. The second kappa shape index (κ2) is 2.56. The molecular formula is C10H19. The van der Waals surface area contributed by atoms with Crippen molar-refractivity contribution in [2.75, 3.05) is 0 Å². The minimum atomic E-state index is 0.566. The Bertz CT molecular complexity index is 109. The molecule has 59 valence electrons. The fourth-order valence-electron chi connectivity index (χ4n) is 1.95. The molecule has 0 aliphatic heterocycles. The Labute approximate surface area is 65.0 Å². The molecule has 1 rings (SSSR count). The van der Waals surface area contributed by atoms with E-state index in [0.717, 1.165) is 11.8 Å².